The molecule has 21 heavy (non-hydrogen) atoms. The maximum Gasteiger partial charge on any atom is 0.335 e. The van der Waals surface area contributed by atoms with Crippen LogP contribution in [-0.4, -0.2) is 16.1 Å². The molecule has 0 saturated heterocycles. The molecule has 0 bridgehead atoms. The number of nitrogens with zero attached hydrogens (tertiary/aromatic N) is 1. The Morgan fingerprint density at radius 2 is 2.00 bits per heavy atom. The molecular formula is C15H11NO3S2. The summed E-state index contributed by atoms with van der Waals surface area (Å²) in [6.07, 6.45) is 0. The highest BCUT2D eigenvalue weighted by Gasteiger charge is 2.06. The van der Waals surface area contributed by atoms with Gasteiger partial charge in [0.25, 0.3) is 0 Å². The standard InChI is InChI=1S/C15H11NO3S2/c17-15(18)10-1-3-13(4-2-10)19-7-12-9-21-14(16-12)11-5-6-20-8-11/h1-6,8-9H,7H2,(H,17,18). The fourth-order valence-electron chi connectivity index (χ4n) is 1.74. The van der Waals surface area contributed by atoms with Crippen molar-refractivity contribution in [2.45, 2.75) is 6.61 Å². The fourth-order valence-corrected chi connectivity index (χ4v) is 3.26. The normalized spacial score (nSPS) is 10.5. The van der Waals surface area contributed by atoms with E-state index in [0.717, 1.165) is 16.3 Å². The van der Waals surface area contributed by atoms with Gasteiger partial charge < -0.3 is 9.84 Å². The molecule has 0 atom stereocenters. The van der Waals surface area contributed by atoms with Crippen LogP contribution < -0.4 is 4.74 Å². The number of ether oxygens (including phenoxy) is 1. The van der Waals surface area contributed by atoms with E-state index >= 15 is 0 Å². The first-order chi connectivity index (χ1) is 10.2. The van der Waals surface area contributed by atoms with Crippen molar-refractivity contribution >= 4 is 28.6 Å². The minimum atomic E-state index is -0.943. The van der Waals surface area contributed by atoms with E-state index < -0.39 is 5.97 Å². The van der Waals surface area contributed by atoms with Crippen LogP contribution in [0.1, 0.15) is 16.1 Å². The van der Waals surface area contributed by atoms with Gasteiger partial charge in [-0.05, 0) is 35.7 Å². The van der Waals surface area contributed by atoms with Crippen molar-refractivity contribution in [1.29, 1.82) is 0 Å². The predicted octanol–water partition coefficient (Wildman–Crippen LogP) is 4.15. The maximum absolute atomic E-state index is 10.8. The van der Waals surface area contributed by atoms with E-state index in [9.17, 15) is 4.79 Å². The first kappa shape index (κ1) is 13.8. The molecular weight excluding hydrogens is 306 g/mol. The van der Waals surface area contributed by atoms with Crippen molar-refractivity contribution in [3.63, 3.8) is 0 Å². The predicted molar refractivity (Wildman–Crippen MR) is 83.2 cm³/mol. The summed E-state index contributed by atoms with van der Waals surface area (Å²) in [7, 11) is 0. The van der Waals surface area contributed by atoms with E-state index in [0.29, 0.717) is 12.4 Å². The van der Waals surface area contributed by atoms with Crippen LogP contribution in [0.5, 0.6) is 5.75 Å². The molecule has 0 amide bonds. The van der Waals surface area contributed by atoms with Crippen molar-refractivity contribution < 1.29 is 14.6 Å². The van der Waals surface area contributed by atoms with Gasteiger partial charge in [-0.15, -0.1) is 11.3 Å². The molecule has 0 aliphatic rings. The van der Waals surface area contributed by atoms with Gasteiger partial charge in [0, 0.05) is 16.3 Å². The summed E-state index contributed by atoms with van der Waals surface area (Å²) in [5.74, 6) is -0.313. The van der Waals surface area contributed by atoms with E-state index in [-0.39, 0.29) is 5.56 Å². The summed E-state index contributed by atoms with van der Waals surface area (Å²) in [6.45, 7) is 0.368. The Bertz CT molecular complexity index is 733. The third-order valence-electron chi connectivity index (χ3n) is 2.81. The number of aromatic carboxylic acids is 1. The lowest BCUT2D eigenvalue weighted by molar-refractivity contribution is 0.0697. The highest BCUT2D eigenvalue weighted by molar-refractivity contribution is 7.14. The van der Waals surface area contributed by atoms with Gasteiger partial charge in [0.1, 0.15) is 17.4 Å². The Kier molecular flexibility index (Phi) is 3.98. The SMILES string of the molecule is O=C(O)c1ccc(OCc2csc(-c3ccsc3)n2)cc1. The molecule has 2 heterocycles. The van der Waals surface area contributed by atoms with Crippen LogP contribution in [0, 0.1) is 0 Å². The molecule has 0 fully saturated rings. The number of benzene rings is 1. The van der Waals surface area contributed by atoms with Crippen molar-refractivity contribution in [1.82, 2.24) is 4.98 Å². The number of carbonyl (C=O) groups is 1. The summed E-state index contributed by atoms with van der Waals surface area (Å²) >= 11 is 3.23. The average molecular weight is 317 g/mol. The van der Waals surface area contributed by atoms with Crippen LogP contribution in [0.15, 0.2) is 46.5 Å². The average Bonchev–Trinajstić information content (AvgIpc) is 3.16. The van der Waals surface area contributed by atoms with Crippen molar-refractivity contribution in [3.8, 4) is 16.3 Å². The second-order valence-corrected chi connectivity index (χ2v) is 5.91. The molecule has 1 aromatic carbocycles. The Morgan fingerprint density at radius 1 is 1.19 bits per heavy atom. The molecule has 4 nitrogen and oxygen atoms in total. The summed E-state index contributed by atoms with van der Waals surface area (Å²) in [5, 5.41) is 15.9. The summed E-state index contributed by atoms with van der Waals surface area (Å²) in [6, 6.07) is 8.38. The summed E-state index contributed by atoms with van der Waals surface area (Å²) < 4.78 is 5.61. The number of thiophene rings is 1. The first-order valence-electron chi connectivity index (χ1n) is 6.15. The zero-order valence-electron chi connectivity index (χ0n) is 10.9. The zero-order chi connectivity index (χ0) is 14.7. The molecule has 106 valence electrons. The lowest BCUT2D eigenvalue weighted by atomic mass is 10.2. The number of carboxylic acids is 1. The molecule has 2 aromatic heterocycles. The molecule has 1 N–H and O–H groups in total. The molecule has 6 heteroatoms. The lowest BCUT2D eigenvalue weighted by Gasteiger charge is -2.04. The zero-order valence-corrected chi connectivity index (χ0v) is 12.5. The van der Waals surface area contributed by atoms with Crippen LogP contribution in [0.4, 0.5) is 0 Å². The highest BCUT2D eigenvalue weighted by atomic mass is 32.1. The third kappa shape index (κ3) is 3.29. The Labute approximate surface area is 129 Å². The van der Waals surface area contributed by atoms with E-state index in [4.69, 9.17) is 9.84 Å². The van der Waals surface area contributed by atoms with Gasteiger partial charge in [0.2, 0.25) is 0 Å². The second-order valence-electron chi connectivity index (χ2n) is 4.27. The molecule has 3 rings (SSSR count). The second kappa shape index (κ2) is 6.07. The molecule has 3 aromatic rings. The van der Waals surface area contributed by atoms with Crippen molar-refractivity contribution in [2.24, 2.45) is 0 Å². The van der Waals surface area contributed by atoms with Crippen LogP contribution in [0.25, 0.3) is 10.6 Å². The number of carboxylic acid groups (broad SMARTS) is 1. The van der Waals surface area contributed by atoms with Crippen molar-refractivity contribution in [2.75, 3.05) is 0 Å². The first-order valence-corrected chi connectivity index (χ1v) is 7.98. The fraction of sp³-hybridized carbons (Fsp3) is 0.0667. The smallest absolute Gasteiger partial charge is 0.335 e. The number of thiazole rings is 1. The molecule has 0 spiro atoms. The van der Waals surface area contributed by atoms with Gasteiger partial charge in [0.15, 0.2) is 0 Å². The Balaban J connectivity index is 1.64. The van der Waals surface area contributed by atoms with Crippen molar-refractivity contribution in [3.05, 3.63) is 57.7 Å². The monoisotopic (exact) mass is 317 g/mol. The largest absolute Gasteiger partial charge is 0.487 e. The molecule has 0 unspecified atom stereocenters. The van der Waals surface area contributed by atoms with Crippen LogP contribution >= 0.6 is 22.7 Å². The number of hydrogen-bond donors (Lipinski definition) is 1. The van der Waals surface area contributed by atoms with Crippen LogP contribution in [0.2, 0.25) is 0 Å². The van der Waals surface area contributed by atoms with E-state index in [1.54, 1.807) is 34.8 Å². The quantitative estimate of drug-likeness (QED) is 0.768. The van der Waals surface area contributed by atoms with Gasteiger partial charge in [-0.2, -0.15) is 11.3 Å². The molecule has 0 aliphatic heterocycles. The maximum atomic E-state index is 10.8. The van der Waals surface area contributed by atoms with Crippen LogP contribution in [0.3, 0.4) is 0 Å². The van der Waals surface area contributed by atoms with Gasteiger partial charge in [-0.1, -0.05) is 0 Å². The summed E-state index contributed by atoms with van der Waals surface area (Å²) in [4.78, 5) is 15.3. The van der Waals surface area contributed by atoms with E-state index in [1.807, 2.05) is 16.8 Å². The minimum absolute atomic E-state index is 0.246. The Hall–Kier alpha value is -2.18. The number of hydrogen-bond acceptors (Lipinski definition) is 5. The Morgan fingerprint density at radius 3 is 2.67 bits per heavy atom. The molecule has 0 radical (unpaired) electrons. The lowest BCUT2D eigenvalue weighted by Crippen LogP contribution is -1.98. The topological polar surface area (TPSA) is 59.4 Å². The van der Waals surface area contributed by atoms with Gasteiger partial charge in [-0.3, -0.25) is 0 Å². The minimum Gasteiger partial charge on any atom is -0.487 e. The van der Waals surface area contributed by atoms with Gasteiger partial charge in [-0.25, -0.2) is 9.78 Å². The number of rotatable bonds is 5. The van der Waals surface area contributed by atoms with Gasteiger partial charge >= 0.3 is 5.97 Å². The molecule has 0 saturated carbocycles. The van der Waals surface area contributed by atoms with E-state index in [2.05, 4.69) is 10.4 Å². The number of aromatic nitrogens is 1. The van der Waals surface area contributed by atoms with Crippen LogP contribution in [-0.2, 0) is 6.61 Å². The van der Waals surface area contributed by atoms with E-state index in [1.165, 1.54) is 12.1 Å². The summed E-state index contributed by atoms with van der Waals surface area (Å²) in [5.41, 5.74) is 2.24. The molecule has 0 aliphatic carbocycles. The highest BCUT2D eigenvalue weighted by Crippen LogP contribution is 2.26. The van der Waals surface area contributed by atoms with Gasteiger partial charge in [0.05, 0.1) is 11.3 Å². The third-order valence-corrected chi connectivity index (χ3v) is 4.43.